The zero-order valence-corrected chi connectivity index (χ0v) is 14.7. The smallest absolute Gasteiger partial charge is 0.441 e. The van der Waals surface area contributed by atoms with Crippen LogP contribution in [0.1, 0.15) is 51.2 Å². The fourth-order valence-corrected chi connectivity index (χ4v) is 2.05. The van der Waals surface area contributed by atoms with Crippen molar-refractivity contribution in [1.82, 2.24) is 4.98 Å². The highest BCUT2D eigenvalue weighted by atomic mass is 32.1. The fourth-order valence-electron chi connectivity index (χ4n) is 1.29. The van der Waals surface area contributed by atoms with Crippen molar-refractivity contribution in [3.63, 3.8) is 0 Å². The van der Waals surface area contributed by atoms with E-state index in [0.29, 0.717) is 0 Å². The van der Waals surface area contributed by atoms with E-state index in [1.54, 1.807) is 41.5 Å². The van der Waals surface area contributed by atoms with Gasteiger partial charge in [0.05, 0.1) is 18.9 Å². The molecule has 1 heterocycles. The van der Waals surface area contributed by atoms with Crippen molar-refractivity contribution in [2.75, 3.05) is 12.2 Å². The Kier molecular flexibility index (Phi) is 5.53. The maximum Gasteiger partial charge on any atom is 0.441 e. The molecule has 0 aliphatic heterocycles. The number of hydrogen-bond acceptors (Lipinski definition) is 7. The van der Waals surface area contributed by atoms with Crippen molar-refractivity contribution in [2.24, 2.45) is 0 Å². The highest BCUT2D eigenvalue weighted by Gasteiger charge is 2.31. The van der Waals surface area contributed by atoms with Crippen molar-refractivity contribution < 1.29 is 23.9 Å². The standard InChI is InChI=1S/C14H22N2O5S/c1-13(2,3)20-12(18)16(21-14(4,5)6)11-15-8-9(22-11)10(17)19-7/h8H,1-7H3. The van der Waals surface area contributed by atoms with Gasteiger partial charge < -0.3 is 9.47 Å². The molecule has 0 aliphatic carbocycles. The van der Waals surface area contributed by atoms with Crippen molar-refractivity contribution in [3.05, 3.63) is 11.1 Å². The van der Waals surface area contributed by atoms with Crippen LogP contribution in [-0.4, -0.2) is 35.4 Å². The predicted octanol–water partition coefficient (Wildman–Crippen LogP) is 3.40. The number of hydrogen-bond donors (Lipinski definition) is 0. The Morgan fingerprint density at radius 1 is 1.14 bits per heavy atom. The molecule has 7 nitrogen and oxygen atoms in total. The van der Waals surface area contributed by atoms with Crippen LogP contribution >= 0.6 is 11.3 Å². The minimum absolute atomic E-state index is 0.199. The molecule has 0 spiro atoms. The number of carbonyl (C=O) groups is 2. The summed E-state index contributed by atoms with van der Waals surface area (Å²) in [6, 6.07) is 0. The number of ether oxygens (including phenoxy) is 2. The lowest BCUT2D eigenvalue weighted by Gasteiger charge is -2.29. The molecular formula is C14H22N2O5S. The van der Waals surface area contributed by atoms with Gasteiger partial charge in [-0.25, -0.2) is 14.6 Å². The van der Waals surface area contributed by atoms with E-state index in [1.165, 1.54) is 13.3 Å². The van der Waals surface area contributed by atoms with E-state index in [1.807, 2.05) is 0 Å². The number of amides is 1. The fraction of sp³-hybridized carbons (Fsp3) is 0.643. The van der Waals surface area contributed by atoms with Gasteiger partial charge in [-0.1, -0.05) is 11.3 Å². The van der Waals surface area contributed by atoms with E-state index in [0.717, 1.165) is 16.4 Å². The summed E-state index contributed by atoms with van der Waals surface area (Å²) in [5, 5.41) is 1.16. The number of rotatable bonds is 3. The van der Waals surface area contributed by atoms with Crippen LogP contribution in [-0.2, 0) is 14.3 Å². The van der Waals surface area contributed by atoms with Crippen LogP contribution in [0.5, 0.6) is 0 Å². The highest BCUT2D eigenvalue weighted by Crippen LogP contribution is 2.27. The lowest BCUT2D eigenvalue weighted by molar-refractivity contribution is -0.0355. The Morgan fingerprint density at radius 2 is 1.73 bits per heavy atom. The van der Waals surface area contributed by atoms with E-state index in [4.69, 9.17) is 9.57 Å². The first-order valence-electron chi connectivity index (χ1n) is 6.69. The first-order valence-corrected chi connectivity index (χ1v) is 7.51. The predicted molar refractivity (Wildman–Crippen MR) is 83.0 cm³/mol. The summed E-state index contributed by atoms with van der Waals surface area (Å²) in [7, 11) is 1.28. The molecule has 0 unspecified atom stereocenters. The van der Waals surface area contributed by atoms with Crippen molar-refractivity contribution in [1.29, 1.82) is 0 Å². The van der Waals surface area contributed by atoms with Gasteiger partial charge in [-0.3, -0.25) is 4.84 Å². The van der Waals surface area contributed by atoms with E-state index < -0.39 is 23.3 Å². The van der Waals surface area contributed by atoms with Gasteiger partial charge in [-0.15, -0.1) is 5.06 Å². The maximum atomic E-state index is 12.3. The molecule has 1 amide bonds. The molecule has 1 rings (SSSR count). The van der Waals surface area contributed by atoms with Crippen molar-refractivity contribution >= 4 is 28.5 Å². The van der Waals surface area contributed by atoms with Gasteiger partial charge in [-0.2, -0.15) is 0 Å². The van der Waals surface area contributed by atoms with E-state index >= 15 is 0 Å². The summed E-state index contributed by atoms with van der Waals surface area (Å²) >= 11 is 0.983. The average Bonchev–Trinajstić information content (AvgIpc) is 2.81. The summed E-state index contributed by atoms with van der Waals surface area (Å²) in [5.41, 5.74) is -1.33. The monoisotopic (exact) mass is 330 g/mol. The summed E-state index contributed by atoms with van der Waals surface area (Å²) in [6.45, 7) is 10.6. The van der Waals surface area contributed by atoms with E-state index in [2.05, 4.69) is 9.72 Å². The number of thiazole rings is 1. The van der Waals surface area contributed by atoms with Crippen molar-refractivity contribution in [3.8, 4) is 0 Å². The van der Waals surface area contributed by atoms with Crippen LogP contribution in [0.2, 0.25) is 0 Å². The number of esters is 1. The minimum Gasteiger partial charge on any atom is -0.465 e. The molecule has 1 aromatic rings. The van der Waals surface area contributed by atoms with Gasteiger partial charge in [0.1, 0.15) is 10.5 Å². The van der Waals surface area contributed by atoms with Crippen LogP contribution in [0.4, 0.5) is 9.93 Å². The Labute approximate surface area is 134 Å². The molecule has 0 radical (unpaired) electrons. The number of aromatic nitrogens is 1. The highest BCUT2D eigenvalue weighted by molar-refractivity contribution is 7.17. The van der Waals surface area contributed by atoms with Crippen LogP contribution in [0.25, 0.3) is 0 Å². The summed E-state index contributed by atoms with van der Waals surface area (Å²) in [5.74, 6) is -0.524. The first-order chi connectivity index (χ1) is 9.93. The van der Waals surface area contributed by atoms with Gasteiger partial charge in [0.2, 0.25) is 5.13 Å². The third-order valence-electron chi connectivity index (χ3n) is 1.98. The van der Waals surface area contributed by atoms with Gasteiger partial charge >= 0.3 is 12.1 Å². The lowest BCUT2D eigenvalue weighted by Crippen LogP contribution is -2.41. The minimum atomic E-state index is -0.701. The van der Waals surface area contributed by atoms with Gasteiger partial charge in [-0.05, 0) is 41.5 Å². The van der Waals surface area contributed by atoms with Crippen LogP contribution in [0.15, 0.2) is 6.20 Å². The van der Waals surface area contributed by atoms with Crippen LogP contribution in [0.3, 0.4) is 0 Å². The zero-order valence-electron chi connectivity index (χ0n) is 13.9. The Morgan fingerprint density at radius 3 is 2.18 bits per heavy atom. The molecule has 0 saturated carbocycles. The molecular weight excluding hydrogens is 308 g/mol. The van der Waals surface area contributed by atoms with Gasteiger partial charge in [0.15, 0.2) is 0 Å². The van der Waals surface area contributed by atoms with Gasteiger partial charge in [0, 0.05) is 0 Å². The Bertz CT molecular complexity index is 542. The summed E-state index contributed by atoms with van der Waals surface area (Å²) in [4.78, 5) is 33.7. The zero-order chi connectivity index (χ0) is 17.1. The van der Waals surface area contributed by atoms with Crippen LogP contribution < -0.4 is 5.06 Å². The molecule has 0 saturated heterocycles. The number of hydroxylamine groups is 1. The van der Waals surface area contributed by atoms with E-state index in [-0.39, 0.29) is 10.0 Å². The Hall–Kier alpha value is -1.67. The normalized spacial score (nSPS) is 12.0. The molecule has 0 fully saturated rings. The second kappa shape index (κ2) is 6.62. The molecule has 0 aliphatic rings. The SMILES string of the molecule is COC(=O)c1cnc(N(OC(C)(C)C)C(=O)OC(C)(C)C)s1. The maximum absolute atomic E-state index is 12.3. The molecule has 124 valence electrons. The summed E-state index contributed by atoms with van der Waals surface area (Å²) < 4.78 is 9.94. The second-order valence-corrected chi connectivity index (χ2v) is 7.49. The Balaban J connectivity index is 3.07. The quantitative estimate of drug-likeness (QED) is 0.624. The molecule has 8 heteroatoms. The van der Waals surface area contributed by atoms with Gasteiger partial charge in [0.25, 0.3) is 0 Å². The van der Waals surface area contributed by atoms with Crippen LogP contribution in [0, 0.1) is 0 Å². The van der Waals surface area contributed by atoms with Crippen molar-refractivity contribution in [2.45, 2.75) is 52.7 Å². The third-order valence-corrected chi connectivity index (χ3v) is 2.92. The first kappa shape index (κ1) is 18.4. The molecule has 0 bridgehead atoms. The molecule has 0 N–H and O–H groups in total. The molecule has 1 aromatic heterocycles. The topological polar surface area (TPSA) is 78.0 Å². The summed E-state index contributed by atoms with van der Waals surface area (Å²) in [6.07, 6.45) is 0.628. The number of anilines is 1. The molecule has 0 aromatic carbocycles. The number of methoxy groups -OCH3 is 1. The third kappa shape index (κ3) is 5.61. The number of nitrogens with zero attached hydrogens (tertiary/aromatic N) is 2. The lowest BCUT2D eigenvalue weighted by atomic mass is 10.2. The molecule has 22 heavy (non-hydrogen) atoms. The largest absolute Gasteiger partial charge is 0.465 e. The average molecular weight is 330 g/mol. The molecule has 0 atom stereocenters. The number of carbonyl (C=O) groups excluding carboxylic acids is 2. The van der Waals surface area contributed by atoms with E-state index in [9.17, 15) is 9.59 Å². The second-order valence-electron chi connectivity index (χ2n) is 6.48.